The largest absolute Gasteiger partial charge is 0.378 e. The molecule has 0 saturated carbocycles. The van der Waals surface area contributed by atoms with Gasteiger partial charge in [0.15, 0.2) is 5.11 Å². The summed E-state index contributed by atoms with van der Waals surface area (Å²) in [6.07, 6.45) is 3.33. The Morgan fingerprint density at radius 1 is 1.11 bits per heavy atom. The number of nitrogens with one attached hydrogen (secondary N) is 1. The predicted molar refractivity (Wildman–Crippen MR) is 144 cm³/mol. The first-order valence-electron chi connectivity index (χ1n) is 11.1. The van der Waals surface area contributed by atoms with Gasteiger partial charge in [-0.15, -0.1) is 0 Å². The highest BCUT2D eigenvalue weighted by Gasteiger charge is 2.44. The van der Waals surface area contributed by atoms with E-state index in [1.165, 1.54) is 4.90 Å². The van der Waals surface area contributed by atoms with E-state index in [1.54, 1.807) is 35.5 Å². The third-order valence-electron chi connectivity index (χ3n) is 5.97. The lowest BCUT2D eigenvalue weighted by Crippen LogP contribution is -2.37. The minimum atomic E-state index is -0.747. The number of hydrogen-bond acceptors (Lipinski definition) is 5. The van der Waals surface area contributed by atoms with Gasteiger partial charge in [0, 0.05) is 49.4 Å². The summed E-state index contributed by atoms with van der Waals surface area (Å²) in [6, 6.07) is 15.9. The summed E-state index contributed by atoms with van der Waals surface area (Å²) in [7, 11) is 3.90. The van der Waals surface area contributed by atoms with Crippen molar-refractivity contribution in [3.8, 4) is 0 Å². The van der Waals surface area contributed by atoms with E-state index < -0.39 is 6.04 Å². The highest BCUT2D eigenvalue weighted by molar-refractivity contribution is 7.80. The molecule has 1 atom stereocenters. The van der Waals surface area contributed by atoms with E-state index in [9.17, 15) is 9.59 Å². The van der Waals surface area contributed by atoms with Gasteiger partial charge in [-0.2, -0.15) is 0 Å². The van der Waals surface area contributed by atoms with Gasteiger partial charge in [0.1, 0.15) is 6.04 Å². The van der Waals surface area contributed by atoms with Crippen LogP contribution in [0.25, 0.3) is 0 Å². The Labute approximate surface area is 215 Å². The zero-order chi connectivity index (χ0) is 25.1. The molecule has 1 saturated heterocycles. The van der Waals surface area contributed by atoms with Gasteiger partial charge in [0.05, 0.1) is 12.1 Å². The molecule has 7 nitrogen and oxygen atoms in total. The lowest BCUT2D eigenvalue weighted by atomic mass is 10.1. The molecule has 3 aromatic rings. The van der Waals surface area contributed by atoms with Gasteiger partial charge in [0.2, 0.25) is 5.91 Å². The average Bonchev–Trinajstić information content (AvgIpc) is 3.06. The second kappa shape index (κ2) is 10.4. The van der Waals surface area contributed by atoms with E-state index >= 15 is 0 Å². The summed E-state index contributed by atoms with van der Waals surface area (Å²) >= 11 is 12.0. The van der Waals surface area contributed by atoms with Gasteiger partial charge >= 0.3 is 0 Å². The van der Waals surface area contributed by atoms with Crippen LogP contribution in [0.4, 0.5) is 17.1 Å². The van der Waals surface area contributed by atoms with Crippen LogP contribution >= 0.6 is 23.8 Å². The topological polar surface area (TPSA) is 68.8 Å². The number of carbonyl (C=O) groups is 2. The van der Waals surface area contributed by atoms with Crippen molar-refractivity contribution >= 4 is 57.8 Å². The summed E-state index contributed by atoms with van der Waals surface area (Å²) in [5.41, 5.74) is 4.00. The van der Waals surface area contributed by atoms with Gasteiger partial charge in [-0.3, -0.25) is 19.5 Å². The van der Waals surface area contributed by atoms with Crippen LogP contribution in [0.2, 0.25) is 5.02 Å². The summed E-state index contributed by atoms with van der Waals surface area (Å²) in [6.45, 7) is 2.22. The monoisotopic (exact) mass is 507 g/mol. The van der Waals surface area contributed by atoms with Gasteiger partial charge < -0.3 is 15.1 Å². The first-order chi connectivity index (χ1) is 16.8. The lowest BCUT2D eigenvalue weighted by Gasteiger charge is -2.24. The molecule has 0 bridgehead atoms. The highest BCUT2D eigenvalue weighted by Crippen LogP contribution is 2.30. The summed E-state index contributed by atoms with van der Waals surface area (Å²) in [5, 5.41) is 3.82. The van der Waals surface area contributed by atoms with Crippen LogP contribution in [0.3, 0.4) is 0 Å². The zero-order valence-electron chi connectivity index (χ0n) is 19.7. The normalized spacial score (nSPS) is 15.5. The molecule has 2 amide bonds. The molecular formula is C26H26ClN5O2S. The van der Waals surface area contributed by atoms with Crippen molar-refractivity contribution < 1.29 is 9.59 Å². The quantitative estimate of drug-likeness (QED) is 0.470. The minimum absolute atomic E-state index is 0.0533. The van der Waals surface area contributed by atoms with Crippen molar-refractivity contribution in [1.82, 2.24) is 9.88 Å². The number of anilines is 3. The third-order valence-corrected chi connectivity index (χ3v) is 6.79. The number of carbonyl (C=O) groups excluding carboxylic acids is 2. The number of pyridine rings is 1. The molecule has 1 aliphatic heterocycles. The molecule has 1 N–H and O–H groups in total. The Morgan fingerprint density at radius 3 is 2.46 bits per heavy atom. The third kappa shape index (κ3) is 5.28. The van der Waals surface area contributed by atoms with Crippen LogP contribution < -0.4 is 15.1 Å². The Bertz CT molecular complexity index is 1250. The molecule has 9 heteroatoms. The molecule has 180 valence electrons. The number of aromatic nitrogens is 1. The number of rotatable bonds is 7. The van der Waals surface area contributed by atoms with Crippen molar-refractivity contribution in [1.29, 1.82) is 0 Å². The summed E-state index contributed by atoms with van der Waals surface area (Å²) in [4.78, 5) is 36.0. The van der Waals surface area contributed by atoms with Crippen LogP contribution in [0, 0.1) is 6.92 Å². The lowest BCUT2D eigenvalue weighted by molar-refractivity contribution is -0.124. The number of nitrogens with zero attached hydrogens (tertiary/aromatic N) is 4. The SMILES string of the molecule is Cc1c(Cl)cccc1NC(=O)C[C@H]1C(=O)N(c2ccc(N(C)C)cc2)C(=S)N1Cc1ccncc1. The van der Waals surface area contributed by atoms with Gasteiger partial charge in [0.25, 0.3) is 5.91 Å². The number of hydrogen-bond donors (Lipinski definition) is 1. The van der Waals surface area contributed by atoms with Crippen LogP contribution in [0.1, 0.15) is 17.5 Å². The van der Waals surface area contributed by atoms with E-state index in [0.717, 1.165) is 16.8 Å². The average molecular weight is 508 g/mol. The maximum Gasteiger partial charge on any atom is 0.256 e. The molecule has 0 aliphatic carbocycles. The van der Waals surface area contributed by atoms with Gasteiger partial charge in [-0.05, 0) is 78.8 Å². The number of halogens is 1. The summed E-state index contributed by atoms with van der Waals surface area (Å²) < 4.78 is 0. The molecule has 35 heavy (non-hydrogen) atoms. The maximum atomic E-state index is 13.6. The molecule has 0 radical (unpaired) electrons. The number of benzene rings is 2. The second-order valence-electron chi connectivity index (χ2n) is 8.53. The van der Waals surface area contributed by atoms with Crippen LogP contribution in [-0.2, 0) is 16.1 Å². The van der Waals surface area contributed by atoms with E-state index in [-0.39, 0.29) is 18.2 Å². The van der Waals surface area contributed by atoms with Crippen LogP contribution in [-0.4, -0.2) is 46.9 Å². The first-order valence-corrected chi connectivity index (χ1v) is 11.9. The van der Waals surface area contributed by atoms with Crippen molar-refractivity contribution in [2.24, 2.45) is 0 Å². The fraction of sp³-hybridized carbons (Fsp3) is 0.231. The van der Waals surface area contributed by atoms with E-state index in [0.29, 0.717) is 28.1 Å². The number of amides is 2. The fourth-order valence-corrected chi connectivity index (χ4v) is 4.52. The number of thiocarbonyl (C=S) groups is 1. The molecule has 4 rings (SSSR count). The second-order valence-corrected chi connectivity index (χ2v) is 9.30. The van der Waals surface area contributed by atoms with Gasteiger partial charge in [-0.1, -0.05) is 17.7 Å². The molecule has 0 spiro atoms. The minimum Gasteiger partial charge on any atom is -0.378 e. The maximum absolute atomic E-state index is 13.6. The standard InChI is InChI=1S/C26H26ClN5O2S/c1-17-21(27)5-4-6-22(17)29-24(33)15-23-25(34)32(20-9-7-19(8-10-20)30(2)3)26(35)31(23)16-18-11-13-28-14-12-18/h4-14,23H,15-16H2,1-3H3,(H,29,33)/t23-/m0/s1. The van der Waals surface area contributed by atoms with E-state index in [1.807, 2.05) is 62.3 Å². The van der Waals surface area contributed by atoms with Crippen LogP contribution in [0.15, 0.2) is 67.0 Å². The Morgan fingerprint density at radius 2 is 1.80 bits per heavy atom. The fourth-order valence-electron chi connectivity index (χ4n) is 3.96. The summed E-state index contributed by atoms with van der Waals surface area (Å²) in [5.74, 6) is -0.527. The highest BCUT2D eigenvalue weighted by atomic mass is 35.5. The van der Waals surface area contributed by atoms with Crippen LogP contribution in [0.5, 0.6) is 0 Å². The Kier molecular flexibility index (Phi) is 7.33. The molecule has 1 aliphatic rings. The van der Waals surface area contributed by atoms with E-state index in [2.05, 4.69) is 10.3 Å². The first kappa shape index (κ1) is 24.6. The van der Waals surface area contributed by atoms with E-state index in [4.69, 9.17) is 23.8 Å². The predicted octanol–water partition coefficient (Wildman–Crippen LogP) is 4.64. The molecule has 1 aromatic heterocycles. The molecule has 0 unspecified atom stereocenters. The zero-order valence-corrected chi connectivity index (χ0v) is 21.3. The van der Waals surface area contributed by atoms with Crippen molar-refractivity contribution in [3.05, 3.63) is 83.1 Å². The molecular weight excluding hydrogens is 482 g/mol. The Balaban J connectivity index is 1.61. The van der Waals surface area contributed by atoms with Gasteiger partial charge in [-0.25, -0.2) is 0 Å². The molecule has 1 fully saturated rings. The molecule has 2 heterocycles. The van der Waals surface area contributed by atoms with Crippen molar-refractivity contribution in [2.45, 2.75) is 25.9 Å². The van der Waals surface area contributed by atoms with Crippen molar-refractivity contribution in [3.63, 3.8) is 0 Å². The molecule has 2 aromatic carbocycles. The Hall–Kier alpha value is -3.49. The smallest absolute Gasteiger partial charge is 0.256 e. The van der Waals surface area contributed by atoms with Crippen molar-refractivity contribution in [2.75, 3.05) is 29.2 Å².